The van der Waals surface area contributed by atoms with Crippen LogP contribution in [0.5, 0.6) is 0 Å². The molecule has 1 saturated heterocycles. The third-order valence-corrected chi connectivity index (χ3v) is 4.63. The van der Waals surface area contributed by atoms with E-state index >= 15 is 0 Å². The number of anilines is 1. The van der Waals surface area contributed by atoms with Crippen molar-refractivity contribution in [3.8, 4) is 0 Å². The van der Waals surface area contributed by atoms with E-state index in [9.17, 15) is 4.79 Å². The Morgan fingerprint density at radius 1 is 1.42 bits per heavy atom. The maximum atomic E-state index is 11.0. The molecule has 1 heterocycles. The van der Waals surface area contributed by atoms with Crippen LogP contribution in [-0.2, 0) is 0 Å². The topological polar surface area (TPSA) is 40.5 Å². The molecule has 1 aromatic carbocycles. The van der Waals surface area contributed by atoms with Gasteiger partial charge in [-0.25, -0.2) is 4.79 Å². The Labute approximate surface area is 122 Å². The molecule has 0 aromatic heterocycles. The molecule has 3 nitrogen and oxygen atoms in total. The van der Waals surface area contributed by atoms with Gasteiger partial charge in [0, 0.05) is 23.2 Å². The van der Waals surface area contributed by atoms with Crippen molar-refractivity contribution in [1.29, 1.82) is 0 Å². The molecule has 0 aliphatic carbocycles. The first-order valence-corrected chi connectivity index (χ1v) is 7.69. The van der Waals surface area contributed by atoms with E-state index in [1.807, 2.05) is 12.1 Å². The predicted octanol–water partition coefficient (Wildman–Crippen LogP) is 4.16. The fourth-order valence-electron chi connectivity index (χ4n) is 2.71. The van der Waals surface area contributed by atoms with E-state index in [1.165, 1.54) is 25.7 Å². The van der Waals surface area contributed by atoms with Crippen LogP contribution in [0.3, 0.4) is 0 Å². The highest BCUT2D eigenvalue weighted by Crippen LogP contribution is 2.28. The van der Waals surface area contributed by atoms with E-state index in [0.29, 0.717) is 10.0 Å². The molecule has 1 atom stereocenters. The first-order chi connectivity index (χ1) is 9.11. The average Bonchev–Trinajstić information content (AvgIpc) is 2.63. The Hall–Kier alpha value is -1.03. The molecule has 0 saturated carbocycles. The van der Waals surface area contributed by atoms with Crippen LogP contribution in [0, 0.1) is 5.92 Å². The van der Waals surface area contributed by atoms with Crippen LogP contribution in [0.15, 0.2) is 22.7 Å². The van der Waals surface area contributed by atoms with Crippen LogP contribution in [0.4, 0.5) is 5.69 Å². The highest BCUT2D eigenvalue weighted by molar-refractivity contribution is 9.10. The summed E-state index contributed by atoms with van der Waals surface area (Å²) in [5.41, 5.74) is 1.44. The lowest BCUT2D eigenvalue weighted by molar-refractivity contribution is 0.0696. The lowest BCUT2D eigenvalue weighted by Gasteiger charge is -2.23. The summed E-state index contributed by atoms with van der Waals surface area (Å²) in [4.78, 5) is 13.4. The van der Waals surface area contributed by atoms with Crippen LogP contribution < -0.4 is 4.90 Å². The zero-order chi connectivity index (χ0) is 13.8. The quantitative estimate of drug-likeness (QED) is 0.906. The predicted molar refractivity (Wildman–Crippen MR) is 80.9 cm³/mol. The summed E-state index contributed by atoms with van der Waals surface area (Å²) in [6.07, 6.45) is 5.02. The van der Waals surface area contributed by atoms with Gasteiger partial charge in [-0.05, 0) is 59.3 Å². The zero-order valence-electron chi connectivity index (χ0n) is 11.2. The molecule has 104 valence electrons. The van der Waals surface area contributed by atoms with Gasteiger partial charge in [-0.3, -0.25) is 0 Å². The van der Waals surface area contributed by atoms with Crippen LogP contribution >= 0.6 is 15.9 Å². The van der Waals surface area contributed by atoms with Gasteiger partial charge in [-0.2, -0.15) is 0 Å². The number of rotatable bonds is 3. The van der Waals surface area contributed by atoms with Crippen LogP contribution in [0.2, 0.25) is 0 Å². The van der Waals surface area contributed by atoms with E-state index in [2.05, 4.69) is 27.8 Å². The number of hydrogen-bond acceptors (Lipinski definition) is 2. The summed E-state index contributed by atoms with van der Waals surface area (Å²) in [5.74, 6) is -0.0490. The molecule has 0 spiro atoms. The SMILES string of the molecule is CCC1CCCN(c2ccc(C(=O)O)c(Br)c2)CC1. The fraction of sp³-hybridized carbons (Fsp3) is 0.533. The van der Waals surface area contributed by atoms with Gasteiger partial charge in [0.15, 0.2) is 0 Å². The molecule has 1 unspecified atom stereocenters. The first-order valence-electron chi connectivity index (χ1n) is 6.89. The van der Waals surface area contributed by atoms with Crippen molar-refractivity contribution in [2.45, 2.75) is 32.6 Å². The second-order valence-electron chi connectivity index (χ2n) is 5.16. The summed E-state index contributed by atoms with van der Waals surface area (Å²) in [6, 6.07) is 5.53. The van der Waals surface area contributed by atoms with Crippen molar-refractivity contribution in [1.82, 2.24) is 0 Å². The Balaban J connectivity index is 2.13. The minimum absolute atomic E-state index is 0.324. The Morgan fingerprint density at radius 2 is 2.21 bits per heavy atom. The second kappa shape index (κ2) is 6.42. The maximum absolute atomic E-state index is 11.0. The summed E-state index contributed by atoms with van der Waals surface area (Å²) in [5, 5.41) is 9.03. The van der Waals surface area contributed by atoms with Gasteiger partial charge < -0.3 is 10.0 Å². The number of carbonyl (C=O) groups is 1. The molecule has 1 fully saturated rings. The van der Waals surface area contributed by atoms with Gasteiger partial charge in [0.05, 0.1) is 5.56 Å². The van der Waals surface area contributed by atoms with Crippen LogP contribution in [-0.4, -0.2) is 24.2 Å². The van der Waals surface area contributed by atoms with E-state index in [1.54, 1.807) is 6.07 Å². The van der Waals surface area contributed by atoms with Gasteiger partial charge in [0.2, 0.25) is 0 Å². The van der Waals surface area contributed by atoms with Gasteiger partial charge >= 0.3 is 5.97 Å². The molecular formula is C15H20BrNO2. The lowest BCUT2D eigenvalue weighted by Crippen LogP contribution is -2.24. The van der Waals surface area contributed by atoms with Crippen LogP contribution in [0.25, 0.3) is 0 Å². The zero-order valence-corrected chi connectivity index (χ0v) is 12.8. The maximum Gasteiger partial charge on any atom is 0.336 e. The summed E-state index contributed by atoms with van der Waals surface area (Å²) >= 11 is 3.35. The Kier molecular flexibility index (Phi) is 4.86. The van der Waals surface area contributed by atoms with Crippen molar-refractivity contribution in [3.63, 3.8) is 0 Å². The third kappa shape index (κ3) is 3.50. The molecule has 0 amide bonds. The molecule has 0 bridgehead atoms. The number of benzene rings is 1. The number of hydrogen-bond donors (Lipinski definition) is 1. The van der Waals surface area contributed by atoms with Crippen molar-refractivity contribution in [2.24, 2.45) is 5.92 Å². The monoisotopic (exact) mass is 325 g/mol. The van der Waals surface area contributed by atoms with Gasteiger partial charge in [0.25, 0.3) is 0 Å². The Bertz CT molecular complexity index is 461. The minimum atomic E-state index is -0.889. The highest BCUT2D eigenvalue weighted by atomic mass is 79.9. The molecule has 1 aliphatic rings. The second-order valence-corrected chi connectivity index (χ2v) is 6.02. The highest BCUT2D eigenvalue weighted by Gasteiger charge is 2.17. The molecule has 1 aliphatic heterocycles. The minimum Gasteiger partial charge on any atom is -0.478 e. The summed E-state index contributed by atoms with van der Waals surface area (Å²) in [6.45, 7) is 4.39. The molecule has 1 N–H and O–H groups in total. The molecule has 4 heteroatoms. The molecule has 19 heavy (non-hydrogen) atoms. The summed E-state index contributed by atoms with van der Waals surface area (Å²) in [7, 11) is 0. The number of carboxylic acids is 1. The number of aromatic carboxylic acids is 1. The fourth-order valence-corrected chi connectivity index (χ4v) is 3.24. The Morgan fingerprint density at radius 3 is 2.84 bits per heavy atom. The standard InChI is InChI=1S/C15H20BrNO2/c1-2-11-4-3-8-17(9-7-11)12-5-6-13(15(18)19)14(16)10-12/h5-6,10-11H,2-4,7-9H2,1H3,(H,18,19). The van der Waals surface area contributed by atoms with Gasteiger partial charge in [0.1, 0.15) is 0 Å². The van der Waals surface area contributed by atoms with E-state index in [-0.39, 0.29) is 0 Å². The van der Waals surface area contributed by atoms with Crippen molar-refractivity contribution in [3.05, 3.63) is 28.2 Å². The third-order valence-electron chi connectivity index (χ3n) is 3.97. The normalized spacial score (nSPS) is 20.1. The van der Waals surface area contributed by atoms with Gasteiger partial charge in [-0.1, -0.05) is 13.3 Å². The van der Waals surface area contributed by atoms with Crippen molar-refractivity contribution < 1.29 is 9.90 Å². The number of nitrogens with zero attached hydrogens (tertiary/aromatic N) is 1. The molecule has 2 rings (SSSR count). The first kappa shape index (κ1) is 14.4. The molecule has 1 aromatic rings. The van der Waals surface area contributed by atoms with Crippen LogP contribution in [0.1, 0.15) is 43.0 Å². The largest absolute Gasteiger partial charge is 0.478 e. The average molecular weight is 326 g/mol. The molecule has 0 radical (unpaired) electrons. The van der Waals surface area contributed by atoms with E-state index in [0.717, 1.165) is 24.7 Å². The van der Waals surface area contributed by atoms with Crippen molar-refractivity contribution >= 4 is 27.6 Å². The lowest BCUT2D eigenvalue weighted by atomic mass is 9.98. The van der Waals surface area contributed by atoms with E-state index in [4.69, 9.17) is 5.11 Å². The summed E-state index contributed by atoms with van der Waals surface area (Å²) < 4.78 is 0.661. The van der Waals surface area contributed by atoms with Crippen molar-refractivity contribution in [2.75, 3.05) is 18.0 Å². The number of halogens is 1. The van der Waals surface area contributed by atoms with E-state index < -0.39 is 5.97 Å². The smallest absolute Gasteiger partial charge is 0.336 e. The number of carboxylic acid groups (broad SMARTS) is 1. The van der Waals surface area contributed by atoms with Gasteiger partial charge in [-0.15, -0.1) is 0 Å². The molecular weight excluding hydrogens is 306 g/mol.